The van der Waals surface area contributed by atoms with Gasteiger partial charge in [0.2, 0.25) is 11.8 Å². The zero-order chi connectivity index (χ0) is 24.7. The zero-order valence-corrected chi connectivity index (χ0v) is 20.7. The van der Waals surface area contributed by atoms with Crippen molar-refractivity contribution in [1.82, 2.24) is 10.6 Å². The summed E-state index contributed by atoms with van der Waals surface area (Å²) in [4.78, 5) is 38.1. The van der Waals surface area contributed by atoms with Crippen LogP contribution in [0.1, 0.15) is 51.5 Å². The summed E-state index contributed by atoms with van der Waals surface area (Å²) < 4.78 is 0. The summed E-state index contributed by atoms with van der Waals surface area (Å²) in [6.45, 7) is 3.94. The summed E-state index contributed by atoms with van der Waals surface area (Å²) in [5.74, 6) is -1.75. The third kappa shape index (κ3) is 6.20. The second-order valence-electron chi connectivity index (χ2n) is 9.24. The second-order valence-corrected chi connectivity index (χ2v) is 9.80. The van der Waals surface area contributed by atoms with Crippen LogP contribution in [0.3, 0.4) is 0 Å². The summed E-state index contributed by atoms with van der Waals surface area (Å²) in [7, 11) is 0. The molecule has 182 valence electrons. The van der Waals surface area contributed by atoms with Crippen molar-refractivity contribution in [3.05, 3.63) is 60.2 Å². The van der Waals surface area contributed by atoms with E-state index in [9.17, 15) is 19.5 Å². The smallest absolute Gasteiger partial charge is 0.326 e. The van der Waals surface area contributed by atoms with Gasteiger partial charge in [-0.3, -0.25) is 9.59 Å². The molecule has 0 radical (unpaired) electrons. The van der Waals surface area contributed by atoms with Crippen LogP contribution in [0.15, 0.2) is 54.6 Å². The molecule has 0 bridgehead atoms. The fourth-order valence-electron chi connectivity index (χ4n) is 4.37. The van der Waals surface area contributed by atoms with Crippen LogP contribution < -0.4 is 10.6 Å². The van der Waals surface area contributed by atoms with Crippen LogP contribution in [0.2, 0.25) is 0 Å². The number of hydrogen-bond acceptors (Lipinski definition) is 4. The van der Waals surface area contributed by atoms with Crippen LogP contribution in [-0.2, 0) is 20.8 Å². The van der Waals surface area contributed by atoms with E-state index >= 15 is 0 Å². The third-order valence-corrected chi connectivity index (χ3v) is 7.55. The number of aliphatic carboxylic acids is 1. The van der Waals surface area contributed by atoms with Gasteiger partial charge in [0.25, 0.3) is 0 Å². The number of rotatable bonds is 10. The Morgan fingerprint density at radius 3 is 2.15 bits per heavy atom. The largest absolute Gasteiger partial charge is 0.480 e. The molecule has 34 heavy (non-hydrogen) atoms. The van der Waals surface area contributed by atoms with Crippen molar-refractivity contribution in [2.24, 2.45) is 5.92 Å². The number of thiol groups is 1. The van der Waals surface area contributed by atoms with Gasteiger partial charge in [0.15, 0.2) is 0 Å². The maximum atomic E-state index is 13.3. The molecule has 3 atom stereocenters. The van der Waals surface area contributed by atoms with E-state index in [2.05, 4.69) is 23.3 Å². The average molecular weight is 483 g/mol. The van der Waals surface area contributed by atoms with Gasteiger partial charge in [-0.1, -0.05) is 87.7 Å². The predicted molar refractivity (Wildman–Crippen MR) is 137 cm³/mol. The van der Waals surface area contributed by atoms with E-state index < -0.39 is 28.7 Å². The first-order valence-electron chi connectivity index (χ1n) is 11.9. The monoisotopic (exact) mass is 482 g/mol. The molecule has 1 fully saturated rings. The highest BCUT2D eigenvalue weighted by Gasteiger charge is 2.44. The molecular formula is C27H34N2O4S. The van der Waals surface area contributed by atoms with E-state index in [0.29, 0.717) is 12.8 Å². The molecule has 2 aromatic carbocycles. The molecule has 1 aliphatic carbocycles. The number of carbonyl (C=O) groups is 3. The molecule has 6 nitrogen and oxygen atoms in total. The summed E-state index contributed by atoms with van der Waals surface area (Å²) in [6, 6.07) is 16.5. The molecule has 0 heterocycles. The molecule has 2 amide bonds. The van der Waals surface area contributed by atoms with Gasteiger partial charge in [-0.15, -0.1) is 0 Å². The van der Waals surface area contributed by atoms with E-state index in [1.165, 1.54) is 0 Å². The fraction of sp³-hybridized carbons (Fsp3) is 0.444. The molecular weight excluding hydrogens is 448 g/mol. The van der Waals surface area contributed by atoms with Gasteiger partial charge < -0.3 is 15.7 Å². The molecule has 0 aliphatic heterocycles. The van der Waals surface area contributed by atoms with Gasteiger partial charge in [-0.25, -0.2) is 4.79 Å². The summed E-state index contributed by atoms with van der Waals surface area (Å²) >= 11 is 4.44. The zero-order valence-electron chi connectivity index (χ0n) is 19.8. The van der Waals surface area contributed by atoms with E-state index in [1.54, 1.807) is 0 Å². The summed E-state index contributed by atoms with van der Waals surface area (Å²) in [6.07, 6.45) is 3.53. The average Bonchev–Trinajstić information content (AvgIpc) is 3.33. The molecule has 1 unspecified atom stereocenters. The first-order chi connectivity index (χ1) is 16.3. The SMILES string of the molecule is CC[C@@H](C)[C@H](S)C(=O)NC1(C(=O)NC(Cc2ccc(-c3ccccc3)cc2)C(=O)O)CCCC1. The first-order valence-corrected chi connectivity index (χ1v) is 12.5. The highest BCUT2D eigenvalue weighted by atomic mass is 32.1. The molecule has 7 heteroatoms. The molecule has 0 saturated heterocycles. The number of carboxylic acids is 1. The van der Waals surface area contributed by atoms with E-state index in [0.717, 1.165) is 36.0 Å². The number of nitrogens with one attached hydrogen (secondary N) is 2. The van der Waals surface area contributed by atoms with E-state index in [-0.39, 0.29) is 18.2 Å². The standard InChI is InChI=1S/C27H34N2O4S/c1-3-18(2)23(34)24(30)29-27(15-7-8-16-27)26(33)28-22(25(31)32)17-19-11-13-21(14-12-19)20-9-5-4-6-10-20/h4-6,9-14,18,22-23,34H,3,7-8,15-17H2,1-2H3,(H,28,33)(H,29,30)(H,31,32)/t18-,22?,23+/m1/s1. The van der Waals surface area contributed by atoms with Gasteiger partial charge in [-0.2, -0.15) is 12.6 Å². The predicted octanol–water partition coefficient (Wildman–Crippen LogP) is 4.24. The molecule has 1 saturated carbocycles. The lowest BCUT2D eigenvalue weighted by molar-refractivity contribution is -0.143. The summed E-state index contributed by atoms with van der Waals surface area (Å²) in [5.41, 5.74) is 1.84. The molecule has 0 spiro atoms. The number of amides is 2. The van der Waals surface area contributed by atoms with Gasteiger partial charge in [0.05, 0.1) is 5.25 Å². The van der Waals surface area contributed by atoms with Crippen molar-refractivity contribution < 1.29 is 19.5 Å². The lowest BCUT2D eigenvalue weighted by atomic mass is 9.93. The highest BCUT2D eigenvalue weighted by molar-refractivity contribution is 7.81. The van der Waals surface area contributed by atoms with Crippen molar-refractivity contribution in [3.63, 3.8) is 0 Å². The number of carboxylic acid groups (broad SMARTS) is 1. The molecule has 3 N–H and O–H groups in total. The van der Waals surface area contributed by atoms with Crippen LogP contribution in [-0.4, -0.2) is 39.7 Å². The van der Waals surface area contributed by atoms with Crippen LogP contribution in [0, 0.1) is 5.92 Å². The minimum atomic E-state index is -1.10. The Kier molecular flexibility index (Phi) is 8.78. The van der Waals surface area contributed by atoms with Crippen molar-refractivity contribution in [2.75, 3.05) is 0 Å². The Hall–Kier alpha value is -2.80. The Morgan fingerprint density at radius 2 is 1.59 bits per heavy atom. The van der Waals surface area contributed by atoms with Crippen LogP contribution in [0.25, 0.3) is 11.1 Å². The molecule has 3 rings (SSSR count). The quantitative estimate of drug-likeness (QED) is 0.381. The first kappa shape index (κ1) is 25.8. The minimum absolute atomic E-state index is 0.0653. The van der Waals surface area contributed by atoms with E-state index in [4.69, 9.17) is 0 Å². The van der Waals surface area contributed by atoms with E-state index in [1.807, 2.05) is 68.4 Å². The maximum absolute atomic E-state index is 13.3. The van der Waals surface area contributed by atoms with Crippen LogP contribution in [0.4, 0.5) is 0 Å². The Balaban J connectivity index is 1.70. The van der Waals surface area contributed by atoms with Crippen molar-refractivity contribution in [3.8, 4) is 11.1 Å². The topological polar surface area (TPSA) is 95.5 Å². The van der Waals surface area contributed by atoms with Crippen molar-refractivity contribution >= 4 is 30.4 Å². The van der Waals surface area contributed by atoms with Gasteiger partial charge in [0.1, 0.15) is 11.6 Å². The van der Waals surface area contributed by atoms with Gasteiger partial charge in [0, 0.05) is 6.42 Å². The lowest BCUT2D eigenvalue weighted by Crippen LogP contribution is -2.61. The Labute approximate surface area is 206 Å². The van der Waals surface area contributed by atoms with Gasteiger partial charge >= 0.3 is 5.97 Å². The van der Waals surface area contributed by atoms with Crippen LogP contribution in [0.5, 0.6) is 0 Å². The van der Waals surface area contributed by atoms with Gasteiger partial charge in [-0.05, 0) is 35.4 Å². The molecule has 1 aliphatic rings. The molecule has 2 aromatic rings. The Morgan fingerprint density at radius 1 is 1.00 bits per heavy atom. The molecule has 0 aromatic heterocycles. The van der Waals surface area contributed by atoms with Crippen LogP contribution >= 0.6 is 12.6 Å². The minimum Gasteiger partial charge on any atom is -0.480 e. The Bertz CT molecular complexity index is 987. The highest BCUT2D eigenvalue weighted by Crippen LogP contribution is 2.31. The second kappa shape index (κ2) is 11.6. The number of carbonyl (C=O) groups excluding carboxylic acids is 2. The van der Waals surface area contributed by atoms with Crippen molar-refractivity contribution in [2.45, 2.75) is 69.2 Å². The normalized spacial score (nSPS) is 17.4. The fourth-order valence-corrected chi connectivity index (χ4v) is 4.65. The lowest BCUT2D eigenvalue weighted by Gasteiger charge is -2.32. The number of benzene rings is 2. The summed E-state index contributed by atoms with van der Waals surface area (Å²) in [5, 5.41) is 14.9. The maximum Gasteiger partial charge on any atom is 0.326 e. The third-order valence-electron chi connectivity index (χ3n) is 6.81. The number of hydrogen-bond donors (Lipinski definition) is 4. The van der Waals surface area contributed by atoms with Crippen molar-refractivity contribution in [1.29, 1.82) is 0 Å².